The minimum Gasteiger partial charge on any atom is -0.376 e. The molecule has 1 aromatic heterocycles. The molecule has 0 aliphatic carbocycles. The third-order valence-electron chi connectivity index (χ3n) is 3.24. The van der Waals surface area contributed by atoms with Crippen LogP contribution in [0.3, 0.4) is 0 Å². The molecule has 3 atom stereocenters. The second-order valence-corrected chi connectivity index (χ2v) is 4.42. The zero-order valence-corrected chi connectivity index (χ0v) is 10.0. The third kappa shape index (κ3) is 2.42. The van der Waals surface area contributed by atoms with Crippen LogP contribution in [0.1, 0.15) is 31.9 Å². The molecule has 0 amide bonds. The highest BCUT2D eigenvalue weighted by Gasteiger charge is 2.32. The number of nitrogens with one attached hydrogen (secondary N) is 1. The molecule has 88 valence electrons. The predicted molar refractivity (Wildman–Crippen MR) is 64.2 cm³/mol. The summed E-state index contributed by atoms with van der Waals surface area (Å²) < 4.78 is 5.84. The van der Waals surface area contributed by atoms with Crippen molar-refractivity contribution >= 4 is 0 Å². The first-order valence-electron chi connectivity index (χ1n) is 6.08. The molecular weight excluding hydrogens is 200 g/mol. The highest BCUT2D eigenvalue weighted by Crippen LogP contribution is 2.30. The molecule has 3 nitrogen and oxygen atoms in total. The maximum absolute atomic E-state index is 5.84. The van der Waals surface area contributed by atoms with E-state index in [1.807, 2.05) is 18.5 Å². The maximum Gasteiger partial charge on any atom is 0.0796 e. The van der Waals surface area contributed by atoms with E-state index in [2.05, 4.69) is 30.2 Å². The third-order valence-corrected chi connectivity index (χ3v) is 3.24. The Kier molecular flexibility index (Phi) is 3.91. The van der Waals surface area contributed by atoms with E-state index in [1.54, 1.807) is 0 Å². The Hall–Kier alpha value is -0.930. The van der Waals surface area contributed by atoms with Crippen LogP contribution in [0.15, 0.2) is 24.5 Å². The maximum atomic E-state index is 5.84. The standard InChI is InChI=1S/C13H20N2O/c1-3-15-12(11-5-4-7-14-9-11)13-10(2)6-8-16-13/h4-5,7,9-10,12-13,15H,3,6,8H2,1-2H3. The van der Waals surface area contributed by atoms with Gasteiger partial charge in [-0.05, 0) is 30.5 Å². The first-order valence-corrected chi connectivity index (χ1v) is 6.08. The fourth-order valence-electron chi connectivity index (χ4n) is 2.35. The minimum atomic E-state index is 0.274. The highest BCUT2D eigenvalue weighted by molar-refractivity contribution is 5.16. The van der Waals surface area contributed by atoms with Crippen LogP contribution in [0.5, 0.6) is 0 Å². The molecule has 0 aromatic carbocycles. The summed E-state index contributed by atoms with van der Waals surface area (Å²) in [6.45, 7) is 6.22. The lowest BCUT2D eigenvalue weighted by Gasteiger charge is -2.26. The largest absolute Gasteiger partial charge is 0.376 e. The Morgan fingerprint density at radius 2 is 2.50 bits per heavy atom. The van der Waals surface area contributed by atoms with Gasteiger partial charge in [0.15, 0.2) is 0 Å². The minimum absolute atomic E-state index is 0.274. The fourth-order valence-corrected chi connectivity index (χ4v) is 2.35. The van der Waals surface area contributed by atoms with E-state index in [0.29, 0.717) is 5.92 Å². The zero-order chi connectivity index (χ0) is 11.4. The lowest BCUT2D eigenvalue weighted by atomic mass is 9.93. The summed E-state index contributed by atoms with van der Waals surface area (Å²) in [5.41, 5.74) is 1.23. The summed E-state index contributed by atoms with van der Waals surface area (Å²) in [5, 5.41) is 3.51. The molecule has 1 aromatic rings. The van der Waals surface area contributed by atoms with E-state index < -0.39 is 0 Å². The van der Waals surface area contributed by atoms with Crippen molar-refractivity contribution in [2.75, 3.05) is 13.2 Å². The summed E-state index contributed by atoms with van der Waals surface area (Å²) >= 11 is 0. The molecule has 1 fully saturated rings. The average molecular weight is 220 g/mol. The molecule has 3 heteroatoms. The first-order chi connectivity index (χ1) is 7.83. The van der Waals surface area contributed by atoms with Crippen LogP contribution in [0.4, 0.5) is 0 Å². The second kappa shape index (κ2) is 5.41. The van der Waals surface area contributed by atoms with Gasteiger partial charge in [0.05, 0.1) is 12.1 Å². The van der Waals surface area contributed by atoms with Crippen LogP contribution < -0.4 is 5.32 Å². The number of rotatable bonds is 4. The van der Waals surface area contributed by atoms with E-state index in [9.17, 15) is 0 Å². The van der Waals surface area contributed by atoms with Gasteiger partial charge in [0.25, 0.3) is 0 Å². The molecular formula is C13H20N2O. The van der Waals surface area contributed by atoms with Crippen LogP contribution in [0, 0.1) is 5.92 Å². The van der Waals surface area contributed by atoms with Crippen LogP contribution >= 0.6 is 0 Å². The number of likely N-dealkylation sites (N-methyl/N-ethyl adjacent to an activating group) is 1. The van der Waals surface area contributed by atoms with Crippen molar-refractivity contribution in [3.8, 4) is 0 Å². The molecule has 1 aliphatic heterocycles. The lowest BCUT2D eigenvalue weighted by Crippen LogP contribution is -2.34. The van der Waals surface area contributed by atoms with Crippen molar-refractivity contribution in [3.63, 3.8) is 0 Å². The summed E-state index contributed by atoms with van der Waals surface area (Å²) in [7, 11) is 0. The van der Waals surface area contributed by atoms with Crippen molar-refractivity contribution < 1.29 is 4.74 Å². The van der Waals surface area contributed by atoms with Crippen molar-refractivity contribution in [2.24, 2.45) is 5.92 Å². The second-order valence-electron chi connectivity index (χ2n) is 4.42. The van der Waals surface area contributed by atoms with E-state index >= 15 is 0 Å². The van der Waals surface area contributed by atoms with E-state index in [4.69, 9.17) is 4.74 Å². The number of hydrogen-bond acceptors (Lipinski definition) is 3. The Balaban J connectivity index is 2.16. The number of pyridine rings is 1. The summed E-state index contributed by atoms with van der Waals surface area (Å²) in [4.78, 5) is 4.19. The first kappa shape index (κ1) is 11.6. The zero-order valence-electron chi connectivity index (χ0n) is 10.0. The summed E-state index contributed by atoms with van der Waals surface area (Å²) in [5.74, 6) is 0.615. The van der Waals surface area contributed by atoms with Gasteiger partial charge in [0.1, 0.15) is 0 Å². The predicted octanol–water partition coefficient (Wildman–Crippen LogP) is 2.16. The molecule has 1 saturated heterocycles. The van der Waals surface area contributed by atoms with Gasteiger partial charge in [-0.1, -0.05) is 19.9 Å². The molecule has 0 bridgehead atoms. The SMILES string of the molecule is CCNC(c1cccnc1)C1OCCC1C. The van der Waals surface area contributed by atoms with Gasteiger partial charge in [0.2, 0.25) is 0 Å². The van der Waals surface area contributed by atoms with Gasteiger partial charge in [-0.25, -0.2) is 0 Å². The van der Waals surface area contributed by atoms with Gasteiger partial charge in [-0.2, -0.15) is 0 Å². The van der Waals surface area contributed by atoms with Crippen LogP contribution in [0.2, 0.25) is 0 Å². The number of aromatic nitrogens is 1. The smallest absolute Gasteiger partial charge is 0.0796 e. The average Bonchev–Trinajstić information content (AvgIpc) is 2.73. The Morgan fingerprint density at radius 1 is 1.62 bits per heavy atom. The highest BCUT2D eigenvalue weighted by atomic mass is 16.5. The molecule has 16 heavy (non-hydrogen) atoms. The van der Waals surface area contributed by atoms with Crippen molar-refractivity contribution in [3.05, 3.63) is 30.1 Å². The molecule has 0 spiro atoms. The number of nitrogens with zero attached hydrogens (tertiary/aromatic N) is 1. The molecule has 2 heterocycles. The van der Waals surface area contributed by atoms with E-state index in [1.165, 1.54) is 5.56 Å². The molecule has 0 saturated carbocycles. The number of hydrogen-bond donors (Lipinski definition) is 1. The monoisotopic (exact) mass is 220 g/mol. The van der Waals surface area contributed by atoms with Gasteiger partial charge in [0, 0.05) is 19.0 Å². The van der Waals surface area contributed by atoms with Crippen LogP contribution in [0.25, 0.3) is 0 Å². The molecule has 2 rings (SSSR count). The fraction of sp³-hybridized carbons (Fsp3) is 0.615. The van der Waals surface area contributed by atoms with Gasteiger partial charge in [-0.3, -0.25) is 4.98 Å². The Bertz CT molecular complexity index is 315. The van der Waals surface area contributed by atoms with Crippen LogP contribution in [-0.4, -0.2) is 24.2 Å². The quantitative estimate of drug-likeness (QED) is 0.844. The van der Waals surface area contributed by atoms with Crippen molar-refractivity contribution in [1.82, 2.24) is 10.3 Å². The van der Waals surface area contributed by atoms with Crippen molar-refractivity contribution in [1.29, 1.82) is 0 Å². The lowest BCUT2D eigenvalue weighted by molar-refractivity contribution is 0.0611. The van der Waals surface area contributed by atoms with Gasteiger partial charge in [-0.15, -0.1) is 0 Å². The molecule has 1 aliphatic rings. The normalized spacial score (nSPS) is 26.9. The summed E-state index contributed by atoms with van der Waals surface area (Å²) in [6, 6.07) is 4.38. The van der Waals surface area contributed by atoms with E-state index in [-0.39, 0.29) is 12.1 Å². The Morgan fingerprint density at radius 3 is 3.06 bits per heavy atom. The molecule has 0 radical (unpaired) electrons. The topological polar surface area (TPSA) is 34.2 Å². The van der Waals surface area contributed by atoms with Crippen LogP contribution in [-0.2, 0) is 4.74 Å². The molecule has 1 N–H and O–H groups in total. The van der Waals surface area contributed by atoms with E-state index in [0.717, 1.165) is 19.6 Å². The number of ether oxygens (including phenoxy) is 1. The van der Waals surface area contributed by atoms with Gasteiger partial charge < -0.3 is 10.1 Å². The van der Waals surface area contributed by atoms with Gasteiger partial charge >= 0.3 is 0 Å². The Labute approximate surface area is 97.2 Å². The summed E-state index contributed by atoms with van der Waals surface area (Å²) in [6.07, 6.45) is 5.18. The molecule has 3 unspecified atom stereocenters. The van der Waals surface area contributed by atoms with Crippen molar-refractivity contribution in [2.45, 2.75) is 32.4 Å².